The van der Waals surface area contributed by atoms with Crippen molar-refractivity contribution in [2.45, 2.75) is 65.2 Å². The number of carbonyl (C=O) groups is 1. The van der Waals surface area contributed by atoms with Crippen LogP contribution in [0.25, 0.3) is 16.7 Å². The van der Waals surface area contributed by atoms with Crippen LogP contribution in [-0.4, -0.2) is 45.7 Å². The Morgan fingerprint density at radius 2 is 1.90 bits per heavy atom. The number of ether oxygens (including phenoxy) is 2. The molecular formula is C23H32N4O3. The highest BCUT2D eigenvalue weighted by Crippen LogP contribution is 2.24. The second-order valence-corrected chi connectivity index (χ2v) is 7.66. The Kier molecular flexibility index (Phi) is 8.13. The summed E-state index contributed by atoms with van der Waals surface area (Å²) < 4.78 is 12.9. The lowest BCUT2D eigenvalue weighted by atomic mass is 10.1. The zero-order chi connectivity index (χ0) is 21.3. The Bertz CT molecular complexity index is 983. The number of nitrogens with zero attached hydrogens (tertiary/aromatic N) is 4. The van der Waals surface area contributed by atoms with Gasteiger partial charge in [-0.05, 0) is 44.7 Å². The standard InChI is InChI=1S/C23H32N4O3/c1-4-9-18(28)10-7-5-6-8-11-20-23-26-25-17(2)27(23)22-13-12-19(16-21(22)24-20)30-15-14-29-3/h12-13,16H,4-11,14-15H2,1-3H3. The van der Waals surface area contributed by atoms with Crippen LogP contribution in [0.1, 0.15) is 63.4 Å². The topological polar surface area (TPSA) is 78.6 Å². The number of aromatic nitrogens is 4. The van der Waals surface area contributed by atoms with Crippen LogP contribution in [0.2, 0.25) is 0 Å². The number of fused-ring (bicyclic) bond motifs is 3. The molecule has 0 radical (unpaired) electrons. The quantitative estimate of drug-likeness (QED) is 0.385. The largest absolute Gasteiger partial charge is 0.491 e. The number of ketones is 1. The van der Waals surface area contributed by atoms with Gasteiger partial charge in [0.15, 0.2) is 5.65 Å². The molecule has 0 spiro atoms. The van der Waals surface area contributed by atoms with E-state index in [1.165, 1.54) is 0 Å². The van der Waals surface area contributed by atoms with Crippen molar-refractivity contribution in [3.63, 3.8) is 0 Å². The number of aryl methyl sites for hydroxylation is 2. The number of benzene rings is 1. The van der Waals surface area contributed by atoms with Crippen molar-refractivity contribution in [3.8, 4) is 5.75 Å². The van der Waals surface area contributed by atoms with E-state index >= 15 is 0 Å². The molecule has 7 heteroatoms. The molecule has 1 aromatic carbocycles. The summed E-state index contributed by atoms with van der Waals surface area (Å²) in [4.78, 5) is 16.5. The molecule has 2 heterocycles. The van der Waals surface area contributed by atoms with Crippen molar-refractivity contribution in [2.75, 3.05) is 20.3 Å². The molecule has 0 saturated carbocycles. The zero-order valence-electron chi connectivity index (χ0n) is 18.3. The van der Waals surface area contributed by atoms with Gasteiger partial charge in [0.2, 0.25) is 0 Å². The molecule has 0 aliphatic carbocycles. The zero-order valence-corrected chi connectivity index (χ0v) is 18.3. The fraction of sp³-hybridized carbons (Fsp3) is 0.565. The van der Waals surface area contributed by atoms with Gasteiger partial charge in [-0.2, -0.15) is 0 Å². The number of methoxy groups -OCH3 is 1. The predicted molar refractivity (Wildman–Crippen MR) is 117 cm³/mol. The van der Waals surface area contributed by atoms with E-state index in [1.54, 1.807) is 7.11 Å². The molecule has 3 aromatic rings. The Balaban J connectivity index is 1.69. The minimum absolute atomic E-state index is 0.387. The third kappa shape index (κ3) is 5.53. The summed E-state index contributed by atoms with van der Waals surface area (Å²) in [7, 11) is 1.66. The Morgan fingerprint density at radius 1 is 1.07 bits per heavy atom. The first-order valence-corrected chi connectivity index (χ1v) is 10.9. The van der Waals surface area contributed by atoms with Crippen molar-refractivity contribution in [3.05, 3.63) is 29.7 Å². The molecule has 0 unspecified atom stereocenters. The van der Waals surface area contributed by atoms with Crippen molar-refractivity contribution < 1.29 is 14.3 Å². The molecule has 7 nitrogen and oxygen atoms in total. The highest BCUT2D eigenvalue weighted by atomic mass is 16.5. The summed E-state index contributed by atoms with van der Waals surface area (Å²) in [6, 6.07) is 5.91. The first-order valence-electron chi connectivity index (χ1n) is 10.9. The highest BCUT2D eigenvalue weighted by Gasteiger charge is 2.13. The summed E-state index contributed by atoms with van der Waals surface area (Å²) >= 11 is 0. The molecular weight excluding hydrogens is 380 g/mol. The van der Waals surface area contributed by atoms with E-state index in [0.717, 1.165) is 72.5 Å². The summed E-state index contributed by atoms with van der Waals surface area (Å²) in [5.41, 5.74) is 3.63. The average Bonchev–Trinajstić information content (AvgIpc) is 3.13. The third-order valence-electron chi connectivity index (χ3n) is 5.23. The SMILES string of the molecule is CCCC(=O)CCCCCCc1nc2cc(OCCOC)ccc2n2c(C)nnc12. The number of Topliss-reactive ketones (excluding diaryl/α,β-unsaturated/α-hetero) is 1. The minimum Gasteiger partial charge on any atom is -0.491 e. The number of rotatable bonds is 13. The molecule has 0 amide bonds. The van der Waals surface area contributed by atoms with Crippen LogP contribution >= 0.6 is 0 Å². The van der Waals surface area contributed by atoms with E-state index in [-0.39, 0.29) is 0 Å². The molecule has 3 rings (SSSR count). The fourth-order valence-corrected chi connectivity index (χ4v) is 3.69. The lowest BCUT2D eigenvalue weighted by Gasteiger charge is -2.10. The maximum absolute atomic E-state index is 11.6. The third-order valence-corrected chi connectivity index (χ3v) is 5.23. The van der Waals surface area contributed by atoms with Crippen LogP contribution in [0.4, 0.5) is 0 Å². The molecule has 0 bridgehead atoms. The van der Waals surface area contributed by atoms with Crippen LogP contribution in [0, 0.1) is 6.92 Å². The fourth-order valence-electron chi connectivity index (χ4n) is 3.69. The van der Waals surface area contributed by atoms with Crippen LogP contribution in [0.15, 0.2) is 18.2 Å². The summed E-state index contributed by atoms with van der Waals surface area (Å²) in [5, 5.41) is 8.64. The van der Waals surface area contributed by atoms with Crippen LogP contribution in [0.3, 0.4) is 0 Å². The summed E-state index contributed by atoms with van der Waals surface area (Å²) in [6.07, 6.45) is 7.36. The number of carbonyl (C=O) groups excluding carboxylic acids is 1. The maximum atomic E-state index is 11.6. The van der Waals surface area contributed by atoms with Gasteiger partial charge in [0.1, 0.15) is 24.0 Å². The van der Waals surface area contributed by atoms with Gasteiger partial charge in [0.25, 0.3) is 0 Å². The van der Waals surface area contributed by atoms with Crippen molar-refractivity contribution in [2.24, 2.45) is 0 Å². The van der Waals surface area contributed by atoms with Crippen LogP contribution in [0.5, 0.6) is 5.75 Å². The molecule has 0 atom stereocenters. The Labute approximate surface area is 177 Å². The second kappa shape index (κ2) is 11.0. The van der Waals surface area contributed by atoms with Gasteiger partial charge >= 0.3 is 0 Å². The molecule has 0 aliphatic rings. The molecule has 2 aromatic heterocycles. The molecule has 162 valence electrons. The molecule has 30 heavy (non-hydrogen) atoms. The van der Waals surface area contributed by atoms with Gasteiger partial charge in [0.05, 0.1) is 23.3 Å². The van der Waals surface area contributed by atoms with E-state index < -0.39 is 0 Å². The molecule has 0 fully saturated rings. The van der Waals surface area contributed by atoms with E-state index in [9.17, 15) is 4.79 Å². The number of hydrogen-bond donors (Lipinski definition) is 0. The molecule has 0 N–H and O–H groups in total. The number of hydrogen-bond acceptors (Lipinski definition) is 6. The van der Waals surface area contributed by atoms with Crippen molar-refractivity contribution >= 4 is 22.5 Å². The summed E-state index contributed by atoms with van der Waals surface area (Å²) in [6.45, 7) is 5.06. The molecule has 0 aliphatic heterocycles. The van der Waals surface area contributed by atoms with Crippen LogP contribution < -0.4 is 4.74 Å². The smallest absolute Gasteiger partial charge is 0.183 e. The van der Waals surface area contributed by atoms with E-state index in [4.69, 9.17) is 14.5 Å². The van der Waals surface area contributed by atoms with Crippen molar-refractivity contribution in [1.82, 2.24) is 19.6 Å². The average molecular weight is 413 g/mol. The lowest BCUT2D eigenvalue weighted by molar-refractivity contribution is -0.119. The van der Waals surface area contributed by atoms with E-state index in [2.05, 4.69) is 21.5 Å². The van der Waals surface area contributed by atoms with Gasteiger partial charge in [-0.3, -0.25) is 9.20 Å². The van der Waals surface area contributed by atoms with Gasteiger partial charge in [-0.15, -0.1) is 10.2 Å². The lowest BCUT2D eigenvalue weighted by Crippen LogP contribution is -2.05. The normalized spacial score (nSPS) is 11.4. The van der Waals surface area contributed by atoms with E-state index in [1.807, 2.05) is 25.1 Å². The highest BCUT2D eigenvalue weighted by molar-refractivity contribution is 5.80. The maximum Gasteiger partial charge on any atom is 0.183 e. The van der Waals surface area contributed by atoms with Gasteiger partial charge in [-0.1, -0.05) is 19.8 Å². The number of unbranched alkanes of at least 4 members (excludes halogenated alkanes) is 3. The van der Waals surface area contributed by atoms with Crippen LogP contribution in [-0.2, 0) is 16.0 Å². The van der Waals surface area contributed by atoms with Gasteiger partial charge < -0.3 is 9.47 Å². The van der Waals surface area contributed by atoms with E-state index in [0.29, 0.717) is 31.8 Å². The van der Waals surface area contributed by atoms with Crippen molar-refractivity contribution in [1.29, 1.82) is 0 Å². The van der Waals surface area contributed by atoms with Gasteiger partial charge in [-0.25, -0.2) is 4.98 Å². The second-order valence-electron chi connectivity index (χ2n) is 7.66. The Hall–Kier alpha value is -2.54. The molecule has 0 saturated heterocycles. The Morgan fingerprint density at radius 3 is 2.70 bits per heavy atom. The minimum atomic E-state index is 0.387. The van der Waals surface area contributed by atoms with Gasteiger partial charge in [0, 0.05) is 26.0 Å². The monoisotopic (exact) mass is 412 g/mol. The first-order chi connectivity index (χ1) is 14.6. The summed E-state index contributed by atoms with van der Waals surface area (Å²) in [5.74, 6) is 2.01. The predicted octanol–water partition coefficient (Wildman–Crippen LogP) is 4.47. The first kappa shape index (κ1) is 22.2.